The van der Waals surface area contributed by atoms with E-state index in [4.69, 9.17) is 9.97 Å². The topological polar surface area (TPSA) is 35.5 Å². The van der Waals surface area contributed by atoms with Gasteiger partial charge in [0.15, 0.2) is 0 Å². The maximum absolute atomic E-state index is 4.93. The van der Waals surface area contributed by atoms with Crippen molar-refractivity contribution in [2.45, 2.75) is 58.0 Å². The fourth-order valence-electron chi connectivity index (χ4n) is 4.13. The van der Waals surface area contributed by atoms with Crippen molar-refractivity contribution < 1.29 is 0 Å². The zero-order chi connectivity index (χ0) is 16.4. The molecule has 1 aliphatic carbocycles. The molecule has 0 unspecified atom stereocenters. The highest BCUT2D eigenvalue weighted by molar-refractivity contribution is 5.35. The van der Waals surface area contributed by atoms with Gasteiger partial charge in [-0.05, 0) is 25.8 Å². The van der Waals surface area contributed by atoms with Crippen molar-refractivity contribution in [3.8, 4) is 0 Å². The smallest absolute Gasteiger partial charge is 0.225 e. The fraction of sp³-hybridized carbons (Fsp3) is 0.789. The Morgan fingerprint density at radius 3 is 2.67 bits per heavy atom. The Morgan fingerprint density at radius 2 is 1.96 bits per heavy atom. The van der Waals surface area contributed by atoms with Gasteiger partial charge in [0.25, 0.3) is 0 Å². The predicted molar refractivity (Wildman–Crippen MR) is 97.3 cm³/mol. The van der Waals surface area contributed by atoms with Gasteiger partial charge < -0.3 is 4.90 Å². The van der Waals surface area contributed by atoms with Crippen molar-refractivity contribution in [3.63, 3.8) is 0 Å². The number of aromatic nitrogens is 2. The van der Waals surface area contributed by atoms with Crippen LogP contribution in [0.4, 0.5) is 5.95 Å². The Balaban J connectivity index is 1.36. The minimum atomic E-state index is 0.866. The van der Waals surface area contributed by atoms with Crippen molar-refractivity contribution in [1.82, 2.24) is 19.8 Å². The molecule has 0 N–H and O–H groups in total. The quantitative estimate of drug-likeness (QED) is 0.828. The monoisotopic (exact) mass is 329 g/mol. The molecular formula is C19H31N5. The van der Waals surface area contributed by atoms with Crippen molar-refractivity contribution in [2.24, 2.45) is 0 Å². The molecule has 4 rings (SSSR count). The lowest BCUT2D eigenvalue weighted by molar-refractivity contribution is 0.120. The summed E-state index contributed by atoms with van der Waals surface area (Å²) >= 11 is 0. The number of rotatable bonds is 5. The van der Waals surface area contributed by atoms with E-state index in [2.05, 4.69) is 27.8 Å². The van der Waals surface area contributed by atoms with Gasteiger partial charge in [-0.15, -0.1) is 0 Å². The lowest BCUT2D eigenvalue weighted by atomic mass is 9.91. The van der Waals surface area contributed by atoms with E-state index in [1.165, 1.54) is 63.0 Å². The molecule has 0 bridgehead atoms. The van der Waals surface area contributed by atoms with Crippen LogP contribution in [-0.4, -0.2) is 65.1 Å². The van der Waals surface area contributed by atoms with Crippen LogP contribution in [0.2, 0.25) is 0 Å². The molecule has 5 heteroatoms. The van der Waals surface area contributed by atoms with Gasteiger partial charge in [-0.25, -0.2) is 9.97 Å². The molecule has 3 aliphatic rings. The van der Waals surface area contributed by atoms with Gasteiger partial charge in [0.2, 0.25) is 5.95 Å². The van der Waals surface area contributed by atoms with Crippen molar-refractivity contribution in [2.75, 3.05) is 44.2 Å². The summed E-state index contributed by atoms with van der Waals surface area (Å²) < 4.78 is 0. The third-order valence-corrected chi connectivity index (χ3v) is 6.02. The zero-order valence-corrected chi connectivity index (χ0v) is 15.1. The second-order valence-corrected chi connectivity index (χ2v) is 7.63. The first-order valence-electron chi connectivity index (χ1n) is 9.89. The highest BCUT2D eigenvalue weighted by Crippen LogP contribution is 2.26. The maximum atomic E-state index is 4.93. The molecule has 132 valence electrons. The molecule has 1 saturated heterocycles. The van der Waals surface area contributed by atoms with Gasteiger partial charge in [0, 0.05) is 63.5 Å². The van der Waals surface area contributed by atoms with Crippen LogP contribution in [0.1, 0.15) is 50.3 Å². The average Bonchev–Trinajstić information content (AvgIpc) is 2.58. The Kier molecular flexibility index (Phi) is 4.99. The Morgan fingerprint density at radius 1 is 1.12 bits per heavy atom. The minimum absolute atomic E-state index is 0.866. The van der Waals surface area contributed by atoms with Crippen LogP contribution >= 0.6 is 0 Å². The van der Waals surface area contributed by atoms with Crippen molar-refractivity contribution in [1.29, 1.82) is 0 Å². The Labute approximate surface area is 146 Å². The molecule has 0 atom stereocenters. The number of hydrogen-bond donors (Lipinski definition) is 0. The SMILES string of the molecule is CCCCN1CCc2nc(N3CCN(C4CCC4)CC3)ncc2C1. The molecule has 1 aromatic heterocycles. The summed E-state index contributed by atoms with van der Waals surface area (Å²) in [6.07, 6.45) is 9.97. The number of anilines is 1. The van der Waals surface area contributed by atoms with E-state index in [-0.39, 0.29) is 0 Å². The fourth-order valence-corrected chi connectivity index (χ4v) is 4.13. The van der Waals surface area contributed by atoms with Crippen LogP contribution < -0.4 is 4.90 Å². The summed E-state index contributed by atoms with van der Waals surface area (Å²) in [7, 11) is 0. The largest absolute Gasteiger partial charge is 0.338 e. The molecule has 24 heavy (non-hydrogen) atoms. The number of nitrogens with zero attached hydrogens (tertiary/aromatic N) is 5. The third kappa shape index (κ3) is 3.42. The van der Waals surface area contributed by atoms with E-state index in [9.17, 15) is 0 Å². The van der Waals surface area contributed by atoms with Gasteiger partial charge >= 0.3 is 0 Å². The molecule has 2 fully saturated rings. The standard InChI is InChI=1S/C19H31N5/c1-2-3-8-22-9-7-18-16(15-22)14-20-19(21-18)24-12-10-23(11-13-24)17-5-4-6-17/h14,17H,2-13,15H2,1H3. The summed E-state index contributed by atoms with van der Waals surface area (Å²) in [6, 6.07) is 0.866. The molecule has 0 spiro atoms. The van der Waals surface area contributed by atoms with Gasteiger partial charge in [-0.1, -0.05) is 19.8 Å². The number of fused-ring (bicyclic) bond motifs is 1. The van der Waals surface area contributed by atoms with Crippen LogP contribution in [0.5, 0.6) is 0 Å². The normalized spacial score (nSPS) is 23.1. The van der Waals surface area contributed by atoms with Crippen molar-refractivity contribution in [3.05, 3.63) is 17.5 Å². The van der Waals surface area contributed by atoms with Crippen LogP contribution in [-0.2, 0) is 13.0 Å². The molecule has 1 aromatic rings. The average molecular weight is 329 g/mol. The van der Waals surface area contributed by atoms with Crippen LogP contribution in [0.3, 0.4) is 0 Å². The second-order valence-electron chi connectivity index (χ2n) is 7.63. The van der Waals surface area contributed by atoms with Crippen LogP contribution in [0, 0.1) is 0 Å². The van der Waals surface area contributed by atoms with E-state index < -0.39 is 0 Å². The summed E-state index contributed by atoms with van der Waals surface area (Å²) in [4.78, 5) is 17.2. The molecule has 5 nitrogen and oxygen atoms in total. The van der Waals surface area contributed by atoms with E-state index in [0.29, 0.717) is 0 Å². The molecule has 2 aliphatic heterocycles. The third-order valence-electron chi connectivity index (χ3n) is 6.02. The number of hydrogen-bond acceptors (Lipinski definition) is 5. The van der Waals surface area contributed by atoms with E-state index in [0.717, 1.165) is 44.6 Å². The lowest BCUT2D eigenvalue weighted by Crippen LogP contribution is -2.52. The number of unbranched alkanes of at least 4 members (excludes halogenated alkanes) is 1. The zero-order valence-electron chi connectivity index (χ0n) is 15.1. The van der Waals surface area contributed by atoms with E-state index >= 15 is 0 Å². The van der Waals surface area contributed by atoms with Crippen LogP contribution in [0.15, 0.2) is 6.20 Å². The molecule has 0 amide bonds. The highest BCUT2D eigenvalue weighted by Gasteiger charge is 2.29. The van der Waals surface area contributed by atoms with Gasteiger partial charge in [0.1, 0.15) is 0 Å². The van der Waals surface area contributed by atoms with Gasteiger partial charge in [-0.2, -0.15) is 0 Å². The lowest BCUT2D eigenvalue weighted by Gasteiger charge is -2.43. The maximum Gasteiger partial charge on any atom is 0.225 e. The molecular weight excluding hydrogens is 298 g/mol. The summed E-state index contributed by atoms with van der Waals surface area (Å²) in [6.45, 7) is 10.2. The Hall–Kier alpha value is -1.20. The van der Waals surface area contributed by atoms with E-state index in [1.807, 2.05) is 0 Å². The molecule has 1 saturated carbocycles. The van der Waals surface area contributed by atoms with E-state index in [1.54, 1.807) is 0 Å². The first-order valence-corrected chi connectivity index (χ1v) is 9.89. The van der Waals surface area contributed by atoms with Crippen LogP contribution in [0.25, 0.3) is 0 Å². The summed E-state index contributed by atoms with van der Waals surface area (Å²) in [5, 5.41) is 0. The Bertz CT molecular complexity index is 549. The first-order chi connectivity index (χ1) is 11.8. The summed E-state index contributed by atoms with van der Waals surface area (Å²) in [5.74, 6) is 0.962. The first kappa shape index (κ1) is 16.3. The number of piperazine rings is 1. The summed E-state index contributed by atoms with van der Waals surface area (Å²) in [5.41, 5.74) is 2.63. The minimum Gasteiger partial charge on any atom is -0.338 e. The molecule has 0 radical (unpaired) electrons. The molecule has 3 heterocycles. The second kappa shape index (κ2) is 7.36. The van der Waals surface area contributed by atoms with Crippen molar-refractivity contribution >= 4 is 5.95 Å². The predicted octanol–water partition coefficient (Wildman–Crippen LogP) is 2.31. The highest BCUT2D eigenvalue weighted by atomic mass is 15.3. The van der Waals surface area contributed by atoms with Gasteiger partial charge in [-0.3, -0.25) is 9.80 Å². The van der Waals surface area contributed by atoms with Gasteiger partial charge in [0.05, 0.1) is 5.69 Å². The molecule has 0 aromatic carbocycles.